The largest absolute Gasteiger partial charge is 0.486 e. The Morgan fingerprint density at radius 3 is 2.64 bits per heavy atom. The summed E-state index contributed by atoms with van der Waals surface area (Å²) in [6.07, 6.45) is 1.63. The van der Waals surface area contributed by atoms with Crippen LogP contribution in [0, 0.1) is 22.7 Å². The second-order valence-electron chi connectivity index (χ2n) is 7.23. The van der Waals surface area contributed by atoms with Crippen LogP contribution < -0.4 is 14.2 Å². The van der Waals surface area contributed by atoms with Gasteiger partial charge >= 0.3 is 0 Å². The van der Waals surface area contributed by atoms with Crippen LogP contribution in [0.5, 0.6) is 17.2 Å². The van der Waals surface area contributed by atoms with Crippen molar-refractivity contribution < 1.29 is 18.6 Å². The second kappa shape index (κ2) is 8.41. The highest BCUT2D eigenvalue weighted by Gasteiger charge is 2.19. The molecule has 0 fully saturated rings. The van der Waals surface area contributed by atoms with Gasteiger partial charge in [-0.05, 0) is 29.8 Å². The Bertz CT molecular complexity index is 1470. The predicted molar refractivity (Wildman–Crippen MR) is 122 cm³/mol. The van der Waals surface area contributed by atoms with E-state index in [2.05, 4.69) is 17.6 Å². The Morgan fingerprint density at radius 2 is 1.85 bits per heavy atom. The molecule has 0 spiro atoms. The predicted octanol–water partition coefficient (Wildman–Crippen LogP) is 5.35. The third-order valence-electron chi connectivity index (χ3n) is 5.29. The summed E-state index contributed by atoms with van der Waals surface area (Å²) >= 11 is 0. The first-order valence-corrected chi connectivity index (χ1v) is 10.2. The van der Waals surface area contributed by atoms with Crippen molar-refractivity contribution in [3.05, 3.63) is 66.2 Å². The average Bonchev–Trinajstić information content (AvgIpc) is 3.28. The van der Waals surface area contributed by atoms with Crippen LogP contribution in [-0.2, 0) is 0 Å². The van der Waals surface area contributed by atoms with Gasteiger partial charge in [0.05, 0.1) is 11.1 Å². The number of aromatic nitrogens is 1. The Kier molecular flexibility index (Phi) is 5.14. The van der Waals surface area contributed by atoms with Crippen LogP contribution >= 0.6 is 0 Å². The van der Waals surface area contributed by atoms with Gasteiger partial charge < -0.3 is 18.6 Å². The lowest BCUT2D eigenvalue weighted by molar-refractivity contribution is 0.171. The topological polar surface area (TPSA) is 101 Å². The van der Waals surface area contributed by atoms with Gasteiger partial charge in [-0.15, -0.1) is 0 Å². The highest BCUT2D eigenvalue weighted by molar-refractivity contribution is 5.85. The third kappa shape index (κ3) is 3.62. The first kappa shape index (κ1) is 20.2. The lowest BCUT2D eigenvalue weighted by Gasteiger charge is -2.19. The number of hydrogen-bond acceptors (Lipinski definition) is 7. The standard InChI is InChI=1S/C26H17N3O4/c1-2-16-12-21-24(14-23(16)30-9-8-27)33-26(29-21)19-5-3-4-18(20(19)15-28)17-6-7-22-25(13-17)32-11-10-31-22/h2-7,12-14H,1,9-11H2. The molecule has 0 radical (unpaired) electrons. The molecule has 33 heavy (non-hydrogen) atoms. The molecule has 7 nitrogen and oxygen atoms in total. The molecule has 0 saturated heterocycles. The molecule has 0 amide bonds. The molecule has 0 aliphatic carbocycles. The Labute approximate surface area is 189 Å². The van der Waals surface area contributed by atoms with Gasteiger partial charge in [-0.3, -0.25) is 0 Å². The van der Waals surface area contributed by atoms with Gasteiger partial charge in [0.1, 0.15) is 36.6 Å². The van der Waals surface area contributed by atoms with Gasteiger partial charge in [0.25, 0.3) is 0 Å². The molecule has 0 atom stereocenters. The van der Waals surface area contributed by atoms with E-state index in [1.165, 1.54) is 0 Å². The zero-order valence-electron chi connectivity index (χ0n) is 17.5. The van der Waals surface area contributed by atoms with E-state index in [9.17, 15) is 5.26 Å². The zero-order chi connectivity index (χ0) is 22.8. The lowest BCUT2D eigenvalue weighted by atomic mass is 9.95. The number of oxazole rings is 1. The van der Waals surface area contributed by atoms with Crippen molar-refractivity contribution in [2.75, 3.05) is 19.8 Å². The van der Waals surface area contributed by atoms with Gasteiger partial charge in [0, 0.05) is 17.2 Å². The van der Waals surface area contributed by atoms with Crippen molar-refractivity contribution in [1.29, 1.82) is 10.5 Å². The number of fused-ring (bicyclic) bond motifs is 2. The quantitative estimate of drug-likeness (QED) is 0.416. The van der Waals surface area contributed by atoms with Crippen LogP contribution in [0.1, 0.15) is 11.1 Å². The summed E-state index contributed by atoms with van der Waals surface area (Å²) in [5.74, 6) is 2.13. The molecule has 2 heterocycles. The van der Waals surface area contributed by atoms with Crippen molar-refractivity contribution >= 4 is 17.2 Å². The second-order valence-corrected chi connectivity index (χ2v) is 7.23. The molecule has 0 saturated carbocycles. The highest BCUT2D eigenvalue weighted by Crippen LogP contribution is 2.38. The van der Waals surface area contributed by atoms with E-state index < -0.39 is 0 Å². The SMILES string of the molecule is C=Cc1cc2nc(-c3cccc(-c4ccc5c(c4)OCCO5)c3C#N)oc2cc1OCC#N. The fraction of sp³-hybridized carbons (Fsp3) is 0.115. The third-order valence-corrected chi connectivity index (χ3v) is 5.29. The van der Waals surface area contributed by atoms with Gasteiger partial charge in [-0.1, -0.05) is 30.9 Å². The molecule has 4 aromatic rings. The van der Waals surface area contributed by atoms with Crippen molar-refractivity contribution in [1.82, 2.24) is 4.98 Å². The van der Waals surface area contributed by atoms with E-state index in [1.807, 2.05) is 36.4 Å². The molecule has 7 heteroatoms. The molecule has 0 unspecified atom stereocenters. The van der Waals surface area contributed by atoms with E-state index in [4.69, 9.17) is 23.9 Å². The monoisotopic (exact) mass is 435 g/mol. The summed E-state index contributed by atoms with van der Waals surface area (Å²) in [5.41, 5.74) is 4.35. The zero-order valence-corrected chi connectivity index (χ0v) is 17.5. The minimum atomic E-state index is -0.0938. The minimum absolute atomic E-state index is 0.0938. The molecule has 1 aliphatic heterocycles. The fourth-order valence-corrected chi connectivity index (χ4v) is 3.78. The van der Waals surface area contributed by atoms with Gasteiger partial charge in [0.2, 0.25) is 5.89 Å². The average molecular weight is 435 g/mol. The van der Waals surface area contributed by atoms with Gasteiger partial charge in [-0.25, -0.2) is 4.98 Å². The number of benzene rings is 3. The maximum Gasteiger partial charge on any atom is 0.228 e. The maximum atomic E-state index is 10.0. The molecule has 160 valence electrons. The van der Waals surface area contributed by atoms with Crippen LogP contribution in [0.2, 0.25) is 0 Å². The van der Waals surface area contributed by atoms with E-state index in [0.717, 1.165) is 11.1 Å². The highest BCUT2D eigenvalue weighted by atomic mass is 16.6. The Balaban J connectivity index is 1.61. The first-order valence-electron chi connectivity index (χ1n) is 10.2. The Hall–Kier alpha value is -4.75. The molecule has 5 rings (SSSR count). The van der Waals surface area contributed by atoms with E-state index in [0.29, 0.717) is 64.1 Å². The van der Waals surface area contributed by atoms with Gasteiger partial charge in [-0.2, -0.15) is 10.5 Å². The fourth-order valence-electron chi connectivity index (χ4n) is 3.78. The van der Waals surface area contributed by atoms with Crippen molar-refractivity contribution in [2.45, 2.75) is 0 Å². The maximum absolute atomic E-state index is 10.0. The number of nitrogens with zero attached hydrogens (tertiary/aromatic N) is 3. The van der Waals surface area contributed by atoms with Crippen molar-refractivity contribution in [3.63, 3.8) is 0 Å². The van der Waals surface area contributed by atoms with Crippen LogP contribution in [-0.4, -0.2) is 24.8 Å². The van der Waals surface area contributed by atoms with Crippen LogP contribution in [0.15, 0.2) is 59.5 Å². The molecule has 0 bridgehead atoms. The van der Waals surface area contributed by atoms with Crippen molar-refractivity contribution in [2.24, 2.45) is 0 Å². The molecular formula is C26H17N3O4. The summed E-state index contributed by atoms with van der Waals surface area (Å²) in [5, 5.41) is 18.8. The van der Waals surface area contributed by atoms with Crippen molar-refractivity contribution in [3.8, 4) is 52.0 Å². The Morgan fingerprint density at radius 1 is 1.03 bits per heavy atom. The smallest absolute Gasteiger partial charge is 0.228 e. The lowest BCUT2D eigenvalue weighted by Crippen LogP contribution is -2.15. The first-order chi connectivity index (χ1) is 16.2. The van der Waals surface area contributed by atoms with E-state index >= 15 is 0 Å². The number of ether oxygens (including phenoxy) is 3. The molecule has 1 aromatic heterocycles. The molecule has 0 N–H and O–H groups in total. The molecular weight excluding hydrogens is 418 g/mol. The molecule has 3 aromatic carbocycles. The minimum Gasteiger partial charge on any atom is -0.486 e. The normalized spacial score (nSPS) is 12.1. The summed E-state index contributed by atoms with van der Waals surface area (Å²) < 4.78 is 22.8. The number of nitriles is 2. The summed E-state index contributed by atoms with van der Waals surface area (Å²) in [4.78, 5) is 4.60. The summed E-state index contributed by atoms with van der Waals surface area (Å²) in [6.45, 7) is 4.69. The number of rotatable bonds is 5. The van der Waals surface area contributed by atoms with E-state index in [1.54, 1.807) is 24.3 Å². The van der Waals surface area contributed by atoms with Crippen LogP contribution in [0.25, 0.3) is 39.8 Å². The molecule has 1 aliphatic rings. The summed E-state index contributed by atoms with van der Waals surface area (Å²) in [7, 11) is 0. The van der Waals surface area contributed by atoms with Crippen LogP contribution in [0.4, 0.5) is 0 Å². The van der Waals surface area contributed by atoms with E-state index in [-0.39, 0.29) is 6.61 Å². The number of hydrogen-bond donors (Lipinski definition) is 0. The van der Waals surface area contributed by atoms with Crippen LogP contribution in [0.3, 0.4) is 0 Å². The summed E-state index contributed by atoms with van der Waals surface area (Å²) in [6, 6.07) is 18.8. The van der Waals surface area contributed by atoms with Gasteiger partial charge in [0.15, 0.2) is 23.7 Å².